The Balaban J connectivity index is 3.02. The monoisotopic (exact) mass is 276 g/mol. The molecule has 1 rings (SSSR count). The summed E-state index contributed by atoms with van der Waals surface area (Å²) in [4.78, 5) is 10.9. The summed E-state index contributed by atoms with van der Waals surface area (Å²) in [7, 11) is 0. The number of carboxylic acids is 1. The highest BCUT2D eigenvalue weighted by atomic mass is 79.9. The van der Waals surface area contributed by atoms with E-state index in [0.29, 0.717) is 17.9 Å². The Morgan fingerprint density at radius 1 is 1.50 bits per heavy atom. The molecule has 0 saturated heterocycles. The van der Waals surface area contributed by atoms with E-state index in [1.165, 1.54) is 0 Å². The van der Waals surface area contributed by atoms with Crippen LogP contribution in [-0.4, -0.2) is 17.0 Å². The van der Waals surface area contributed by atoms with Gasteiger partial charge in [0.25, 0.3) is 0 Å². The van der Waals surface area contributed by atoms with E-state index in [4.69, 9.17) is 16.7 Å². The summed E-state index contributed by atoms with van der Waals surface area (Å²) in [6.07, 6.45) is 1.47. The standard InChI is InChI=1S/C10H10BrClO2/c11-9-5-1-3-8(10(13)14)7(9)4-2-6-12/h1,3,5H,2,4,6H2,(H,13,14). The molecule has 0 radical (unpaired) electrons. The molecule has 0 atom stereocenters. The molecule has 0 aliphatic rings. The fraction of sp³-hybridized carbons (Fsp3) is 0.300. The van der Waals surface area contributed by atoms with Crippen LogP contribution in [0.5, 0.6) is 0 Å². The second-order valence-corrected chi connectivity index (χ2v) is 4.10. The van der Waals surface area contributed by atoms with Crippen molar-refractivity contribution in [3.8, 4) is 0 Å². The smallest absolute Gasteiger partial charge is 0.336 e. The van der Waals surface area contributed by atoms with Crippen LogP contribution in [0.1, 0.15) is 22.3 Å². The second kappa shape index (κ2) is 5.37. The quantitative estimate of drug-likeness (QED) is 0.857. The lowest BCUT2D eigenvalue weighted by atomic mass is 10.0. The SMILES string of the molecule is O=C(O)c1cccc(Br)c1CCCCl. The van der Waals surface area contributed by atoms with Crippen LogP contribution in [0.4, 0.5) is 0 Å². The van der Waals surface area contributed by atoms with Gasteiger partial charge in [-0.25, -0.2) is 4.79 Å². The van der Waals surface area contributed by atoms with Gasteiger partial charge in [0.2, 0.25) is 0 Å². The molecular weight excluding hydrogens is 267 g/mol. The van der Waals surface area contributed by atoms with Crippen molar-refractivity contribution >= 4 is 33.5 Å². The number of carboxylic acid groups (broad SMARTS) is 1. The maximum Gasteiger partial charge on any atom is 0.336 e. The van der Waals surface area contributed by atoms with Gasteiger partial charge in [-0.1, -0.05) is 22.0 Å². The first kappa shape index (κ1) is 11.5. The van der Waals surface area contributed by atoms with Gasteiger partial charge in [-0.05, 0) is 30.5 Å². The van der Waals surface area contributed by atoms with Gasteiger partial charge in [0, 0.05) is 10.4 Å². The van der Waals surface area contributed by atoms with E-state index in [9.17, 15) is 4.79 Å². The molecule has 0 bridgehead atoms. The van der Waals surface area contributed by atoms with Crippen LogP contribution in [0.2, 0.25) is 0 Å². The van der Waals surface area contributed by atoms with Crippen molar-refractivity contribution in [1.82, 2.24) is 0 Å². The van der Waals surface area contributed by atoms with Crippen molar-refractivity contribution in [1.29, 1.82) is 0 Å². The summed E-state index contributed by atoms with van der Waals surface area (Å²) in [5.74, 6) is -0.351. The van der Waals surface area contributed by atoms with Crippen molar-refractivity contribution < 1.29 is 9.90 Å². The van der Waals surface area contributed by atoms with Gasteiger partial charge < -0.3 is 5.11 Å². The Kier molecular flexibility index (Phi) is 4.42. The van der Waals surface area contributed by atoms with Crippen LogP contribution >= 0.6 is 27.5 Å². The lowest BCUT2D eigenvalue weighted by molar-refractivity contribution is 0.0695. The highest BCUT2D eigenvalue weighted by molar-refractivity contribution is 9.10. The number of carbonyl (C=O) groups is 1. The molecule has 2 nitrogen and oxygen atoms in total. The van der Waals surface area contributed by atoms with Gasteiger partial charge in [-0.3, -0.25) is 0 Å². The first-order chi connectivity index (χ1) is 6.66. The number of rotatable bonds is 4. The zero-order chi connectivity index (χ0) is 10.6. The molecule has 0 amide bonds. The third kappa shape index (κ3) is 2.72. The number of hydrogen-bond acceptors (Lipinski definition) is 1. The van der Waals surface area contributed by atoms with Gasteiger partial charge in [-0.2, -0.15) is 0 Å². The van der Waals surface area contributed by atoms with Gasteiger partial charge >= 0.3 is 5.97 Å². The zero-order valence-electron chi connectivity index (χ0n) is 7.46. The summed E-state index contributed by atoms with van der Waals surface area (Å²) in [6.45, 7) is 0. The van der Waals surface area contributed by atoms with Crippen molar-refractivity contribution in [2.45, 2.75) is 12.8 Å². The van der Waals surface area contributed by atoms with Crippen molar-refractivity contribution in [2.75, 3.05) is 5.88 Å². The zero-order valence-corrected chi connectivity index (χ0v) is 9.81. The van der Waals surface area contributed by atoms with Crippen LogP contribution in [-0.2, 0) is 6.42 Å². The third-order valence-electron chi connectivity index (χ3n) is 1.91. The van der Waals surface area contributed by atoms with Gasteiger partial charge in [-0.15, -0.1) is 11.6 Å². The van der Waals surface area contributed by atoms with E-state index in [-0.39, 0.29) is 0 Å². The van der Waals surface area contributed by atoms with Gasteiger partial charge in [0.1, 0.15) is 0 Å². The molecule has 0 saturated carbocycles. The first-order valence-electron chi connectivity index (χ1n) is 4.23. The molecule has 1 aromatic rings. The molecular formula is C10H10BrClO2. The molecule has 0 aliphatic heterocycles. The van der Waals surface area contributed by atoms with Gasteiger partial charge in [0.05, 0.1) is 5.56 Å². The van der Waals surface area contributed by atoms with E-state index in [1.54, 1.807) is 12.1 Å². The van der Waals surface area contributed by atoms with Crippen LogP contribution in [0.3, 0.4) is 0 Å². The summed E-state index contributed by atoms with van der Waals surface area (Å²) in [5, 5.41) is 8.94. The molecule has 0 aliphatic carbocycles. The predicted octanol–water partition coefficient (Wildman–Crippen LogP) is 3.32. The molecule has 14 heavy (non-hydrogen) atoms. The number of halogens is 2. The van der Waals surface area contributed by atoms with Crippen LogP contribution in [0, 0.1) is 0 Å². The number of aromatic carboxylic acids is 1. The lowest BCUT2D eigenvalue weighted by Gasteiger charge is -2.07. The molecule has 0 unspecified atom stereocenters. The minimum absolute atomic E-state index is 0.351. The van der Waals surface area contributed by atoms with Crippen molar-refractivity contribution in [2.24, 2.45) is 0 Å². The molecule has 0 heterocycles. The second-order valence-electron chi connectivity index (χ2n) is 2.86. The third-order valence-corrected chi connectivity index (χ3v) is 2.92. The average Bonchev–Trinajstić information content (AvgIpc) is 2.15. The maximum absolute atomic E-state index is 10.9. The largest absolute Gasteiger partial charge is 0.478 e. The van der Waals surface area contributed by atoms with Crippen LogP contribution in [0.15, 0.2) is 22.7 Å². The first-order valence-corrected chi connectivity index (χ1v) is 5.56. The Morgan fingerprint density at radius 3 is 2.79 bits per heavy atom. The Labute approximate surface area is 96.0 Å². The fourth-order valence-corrected chi connectivity index (χ4v) is 1.95. The van der Waals surface area contributed by atoms with E-state index in [0.717, 1.165) is 16.5 Å². The normalized spacial score (nSPS) is 10.1. The number of benzene rings is 1. The Hall–Kier alpha value is -0.540. The minimum atomic E-state index is -0.893. The van der Waals surface area contributed by atoms with Crippen molar-refractivity contribution in [3.63, 3.8) is 0 Å². The Morgan fingerprint density at radius 2 is 2.21 bits per heavy atom. The molecule has 1 N–H and O–H groups in total. The molecule has 4 heteroatoms. The van der Waals surface area contributed by atoms with E-state index in [2.05, 4.69) is 15.9 Å². The lowest BCUT2D eigenvalue weighted by Crippen LogP contribution is -2.03. The number of hydrogen-bond donors (Lipinski definition) is 1. The van der Waals surface area contributed by atoms with Gasteiger partial charge in [0.15, 0.2) is 0 Å². The van der Waals surface area contributed by atoms with E-state index in [1.807, 2.05) is 6.07 Å². The fourth-order valence-electron chi connectivity index (χ4n) is 1.26. The average molecular weight is 278 g/mol. The molecule has 1 aromatic carbocycles. The molecule has 0 aromatic heterocycles. The topological polar surface area (TPSA) is 37.3 Å². The van der Waals surface area contributed by atoms with Crippen LogP contribution in [0.25, 0.3) is 0 Å². The summed E-state index contributed by atoms with van der Waals surface area (Å²) >= 11 is 8.91. The molecule has 76 valence electrons. The molecule has 0 fully saturated rings. The molecule has 0 spiro atoms. The summed E-state index contributed by atoms with van der Waals surface area (Å²) < 4.78 is 0.836. The highest BCUT2D eigenvalue weighted by Gasteiger charge is 2.11. The Bertz CT molecular complexity index is 339. The summed E-state index contributed by atoms with van der Waals surface area (Å²) in [5.41, 5.74) is 1.17. The minimum Gasteiger partial charge on any atom is -0.478 e. The van der Waals surface area contributed by atoms with Crippen LogP contribution < -0.4 is 0 Å². The highest BCUT2D eigenvalue weighted by Crippen LogP contribution is 2.22. The number of alkyl halides is 1. The van der Waals surface area contributed by atoms with E-state index < -0.39 is 5.97 Å². The predicted molar refractivity (Wildman–Crippen MR) is 60.1 cm³/mol. The maximum atomic E-state index is 10.9. The van der Waals surface area contributed by atoms with E-state index >= 15 is 0 Å². The summed E-state index contributed by atoms with van der Waals surface area (Å²) in [6, 6.07) is 5.17. The van der Waals surface area contributed by atoms with Crippen molar-refractivity contribution in [3.05, 3.63) is 33.8 Å².